The molecule has 1 aliphatic heterocycles. The molecule has 0 aromatic heterocycles. The standard InChI is InChI=1S/C19H17BrClN3O5/c1-11(6-18(25)22-13-3-5-16-17(8-13)29-10-28-16)23-24-19(26)9-27-15-4-2-12(21)7-14(15)20/h2-5,7-8H,6,9-10H2,1H3,(H,22,25)(H,24,26)/b23-11-. The van der Waals surface area contributed by atoms with E-state index < -0.39 is 5.91 Å². The van der Waals surface area contributed by atoms with Crippen LogP contribution >= 0.6 is 27.5 Å². The number of carbonyl (C=O) groups is 2. The molecule has 0 saturated heterocycles. The molecular formula is C19H17BrClN3O5. The number of hydrogen-bond acceptors (Lipinski definition) is 6. The molecule has 0 spiro atoms. The fraction of sp³-hybridized carbons (Fsp3) is 0.211. The van der Waals surface area contributed by atoms with E-state index in [4.69, 9.17) is 25.8 Å². The Morgan fingerprint density at radius 3 is 2.76 bits per heavy atom. The van der Waals surface area contributed by atoms with E-state index in [-0.39, 0.29) is 25.7 Å². The number of rotatable bonds is 7. The van der Waals surface area contributed by atoms with Crippen LogP contribution in [0.2, 0.25) is 5.02 Å². The summed E-state index contributed by atoms with van der Waals surface area (Å²) in [6, 6.07) is 10.1. The van der Waals surface area contributed by atoms with Gasteiger partial charge >= 0.3 is 0 Å². The highest BCUT2D eigenvalue weighted by Crippen LogP contribution is 2.34. The summed E-state index contributed by atoms with van der Waals surface area (Å²) in [5, 5.41) is 7.20. The van der Waals surface area contributed by atoms with Crippen molar-refractivity contribution in [2.45, 2.75) is 13.3 Å². The Bertz CT molecular complexity index is 967. The predicted octanol–water partition coefficient (Wildman–Crippen LogP) is 3.73. The molecule has 0 bridgehead atoms. The van der Waals surface area contributed by atoms with E-state index in [9.17, 15) is 9.59 Å². The number of carbonyl (C=O) groups excluding carboxylic acids is 2. The summed E-state index contributed by atoms with van der Waals surface area (Å²) in [6.45, 7) is 1.56. The molecule has 8 nitrogen and oxygen atoms in total. The van der Waals surface area contributed by atoms with Gasteiger partial charge in [-0.15, -0.1) is 0 Å². The molecule has 0 fully saturated rings. The van der Waals surface area contributed by atoms with Crippen LogP contribution in [-0.4, -0.2) is 30.9 Å². The lowest BCUT2D eigenvalue weighted by molar-refractivity contribution is -0.123. The molecule has 2 aromatic rings. The van der Waals surface area contributed by atoms with Gasteiger partial charge in [-0.05, 0) is 53.2 Å². The summed E-state index contributed by atoms with van der Waals surface area (Å²) in [5.41, 5.74) is 3.37. The molecular weight excluding hydrogens is 466 g/mol. The average molecular weight is 483 g/mol. The van der Waals surface area contributed by atoms with Gasteiger partial charge in [0.1, 0.15) is 5.75 Å². The van der Waals surface area contributed by atoms with E-state index in [0.29, 0.717) is 38.1 Å². The summed E-state index contributed by atoms with van der Waals surface area (Å²) in [7, 11) is 0. The van der Waals surface area contributed by atoms with Crippen molar-refractivity contribution in [3.05, 3.63) is 45.9 Å². The number of halogens is 2. The van der Waals surface area contributed by atoms with Crippen LogP contribution in [0, 0.1) is 0 Å². The minimum atomic E-state index is -0.456. The van der Waals surface area contributed by atoms with E-state index in [1.54, 1.807) is 43.3 Å². The number of nitrogens with one attached hydrogen (secondary N) is 2. The summed E-state index contributed by atoms with van der Waals surface area (Å²) in [5.74, 6) is 0.959. The largest absolute Gasteiger partial charge is 0.483 e. The zero-order chi connectivity index (χ0) is 20.8. The maximum Gasteiger partial charge on any atom is 0.277 e. The van der Waals surface area contributed by atoms with E-state index >= 15 is 0 Å². The number of anilines is 1. The average Bonchev–Trinajstić information content (AvgIpc) is 3.13. The minimum absolute atomic E-state index is 0.0122. The van der Waals surface area contributed by atoms with E-state index in [1.807, 2.05) is 0 Å². The molecule has 0 aliphatic carbocycles. The van der Waals surface area contributed by atoms with Crippen LogP contribution in [0.3, 0.4) is 0 Å². The lowest BCUT2D eigenvalue weighted by Gasteiger charge is -2.08. The van der Waals surface area contributed by atoms with Crippen LogP contribution in [-0.2, 0) is 9.59 Å². The number of hydrazone groups is 1. The van der Waals surface area contributed by atoms with Gasteiger partial charge in [-0.3, -0.25) is 9.59 Å². The van der Waals surface area contributed by atoms with Gasteiger partial charge in [-0.2, -0.15) is 5.10 Å². The minimum Gasteiger partial charge on any atom is -0.483 e. The molecule has 1 heterocycles. The van der Waals surface area contributed by atoms with Crippen LogP contribution in [0.15, 0.2) is 46.0 Å². The number of amides is 2. The Kier molecular flexibility index (Phi) is 6.95. The van der Waals surface area contributed by atoms with Gasteiger partial charge in [-0.1, -0.05) is 11.6 Å². The number of nitrogens with zero attached hydrogens (tertiary/aromatic N) is 1. The first-order valence-electron chi connectivity index (χ1n) is 8.50. The van der Waals surface area contributed by atoms with Crippen molar-refractivity contribution in [2.24, 2.45) is 5.10 Å². The van der Waals surface area contributed by atoms with E-state index in [1.165, 1.54) is 0 Å². The summed E-state index contributed by atoms with van der Waals surface area (Å²) >= 11 is 9.16. The highest BCUT2D eigenvalue weighted by Gasteiger charge is 2.14. The van der Waals surface area contributed by atoms with E-state index in [2.05, 4.69) is 31.8 Å². The first kappa shape index (κ1) is 20.9. The van der Waals surface area contributed by atoms with Gasteiger partial charge in [0.05, 0.1) is 10.9 Å². The zero-order valence-electron chi connectivity index (χ0n) is 15.3. The number of benzene rings is 2. The maximum atomic E-state index is 12.1. The highest BCUT2D eigenvalue weighted by atomic mass is 79.9. The number of hydrogen-bond donors (Lipinski definition) is 2. The van der Waals surface area contributed by atoms with Crippen LogP contribution in [0.5, 0.6) is 17.2 Å². The van der Waals surface area contributed by atoms with Crippen molar-refractivity contribution in [2.75, 3.05) is 18.7 Å². The zero-order valence-corrected chi connectivity index (χ0v) is 17.7. The van der Waals surface area contributed by atoms with Crippen molar-refractivity contribution in [3.8, 4) is 17.2 Å². The molecule has 10 heteroatoms. The van der Waals surface area contributed by atoms with Crippen LogP contribution < -0.4 is 25.0 Å². The van der Waals surface area contributed by atoms with Gasteiger partial charge < -0.3 is 19.5 Å². The highest BCUT2D eigenvalue weighted by molar-refractivity contribution is 9.10. The van der Waals surface area contributed by atoms with Crippen molar-refractivity contribution >= 4 is 50.7 Å². The summed E-state index contributed by atoms with van der Waals surface area (Å²) < 4.78 is 16.5. The van der Waals surface area contributed by atoms with Crippen molar-refractivity contribution in [3.63, 3.8) is 0 Å². The number of ether oxygens (including phenoxy) is 3. The molecule has 2 N–H and O–H groups in total. The maximum absolute atomic E-state index is 12.1. The van der Waals surface area contributed by atoms with Crippen molar-refractivity contribution in [1.82, 2.24) is 5.43 Å². The second-order valence-corrected chi connectivity index (χ2v) is 7.33. The van der Waals surface area contributed by atoms with Crippen LogP contribution in [0.1, 0.15) is 13.3 Å². The summed E-state index contributed by atoms with van der Waals surface area (Å²) in [4.78, 5) is 24.0. The first-order valence-corrected chi connectivity index (χ1v) is 9.67. The Labute approximate surface area is 180 Å². The fourth-order valence-electron chi connectivity index (χ4n) is 2.38. The molecule has 0 atom stereocenters. The summed E-state index contributed by atoms with van der Waals surface area (Å²) in [6.07, 6.45) is 0.0122. The molecule has 1 aliphatic rings. The molecule has 0 unspecified atom stereocenters. The van der Waals surface area contributed by atoms with Gasteiger partial charge in [0, 0.05) is 22.5 Å². The Balaban J connectivity index is 1.44. The smallest absolute Gasteiger partial charge is 0.277 e. The fourth-order valence-corrected chi connectivity index (χ4v) is 3.17. The quantitative estimate of drug-likeness (QED) is 0.463. The van der Waals surface area contributed by atoms with Gasteiger partial charge in [0.25, 0.3) is 5.91 Å². The second kappa shape index (κ2) is 9.62. The van der Waals surface area contributed by atoms with E-state index in [0.717, 1.165) is 0 Å². The van der Waals surface area contributed by atoms with Gasteiger partial charge in [0.2, 0.25) is 12.7 Å². The molecule has 0 radical (unpaired) electrons. The second-order valence-electron chi connectivity index (χ2n) is 6.04. The van der Waals surface area contributed by atoms with Crippen molar-refractivity contribution < 1.29 is 23.8 Å². The normalized spacial score (nSPS) is 12.4. The Morgan fingerprint density at radius 2 is 1.97 bits per heavy atom. The van der Waals surface area contributed by atoms with Crippen LogP contribution in [0.25, 0.3) is 0 Å². The lowest BCUT2D eigenvalue weighted by atomic mass is 10.2. The monoisotopic (exact) mass is 481 g/mol. The van der Waals surface area contributed by atoms with Gasteiger partial charge in [0.15, 0.2) is 18.1 Å². The molecule has 2 aromatic carbocycles. The lowest BCUT2D eigenvalue weighted by Crippen LogP contribution is -2.26. The third-order valence-electron chi connectivity index (χ3n) is 3.70. The van der Waals surface area contributed by atoms with Crippen LogP contribution in [0.4, 0.5) is 5.69 Å². The predicted molar refractivity (Wildman–Crippen MR) is 112 cm³/mol. The van der Waals surface area contributed by atoms with Gasteiger partial charge in [-0.25, -0.2) is 5.43 Å². The first-order chi connectivity index (χ1) is 13.9. The Hall–Kier alpha value is -2.78. The topological polar surface area (TPSA) is 98.3 Å². The Morgan fingerprint density at radius 1 is 1.17 bits per heavy atom. The van der Waals surface area contributed by atoms with Crippen molar-refractivity contribution in [1.29, 1.82) is 0 Å². The molecule has 152 valence electrons. The molecule has 0 saturated carbocycles. The SMILES string of the molecule is C/C(CC(=O)Nc1ccc2c(c1)OCO2)=N/NC(=O)COc1ccc(Cl)cc1Br. The third kappa shape index (κ3) is 6.10. The number of fused-ring (bicyclic) bond motifs is 1. The molecule has 2 amide bonds. The molecule has 3 rings (SSSR count). The third-order valence-corrected chi connectivity index (χ3v) is 4.55. The molecule has 29 heavy (non-hydrogen) atoms.